The van der Waals surface area contributed by atoms with Gasteiger partial charge in [0.1, 0.15) is 5.82 Å². The Morgan fingerprint density at radius 3 is 2.90 bits per heavy atom. The van der Waals surface area contributed by atoms with E-state index in [4.69, 9.17) is 4.74 Å². The molecule has 5 nitrogen and oxygen atoms in total. The summed E-state index contributed by atoms with van der Waals surface area (Å²) in [7, 11) is 1.70. The number of carboxylic acid groups (broad SMARTS) is 1. The Morgan fingerprint density at radius 1 is 1.43 bits per heavy atom. The van der Waals surface area contributed by atoms with Gasteiger partial charge >= 0.3 is 5.97 Å². The van der Waals surface area contributed by atoms with Crippen LogP contribution in [-0.2, 0) is 11.3 Å². The Balaban J connectivity index is 2.00. The molecule has 0 bridgehead atoms. The monoisotopic (exact) mass is 288 g/mol. The Bertz CT molecular complexity index is 659. The summed E-state index contributed by atoms with van der Waals surface area (Å²) in [5.74, 6) is 0.665. The number of hydrogen-bond donors (Lipinski definition) is 1. The molecule has 0 saturated heterocycles. The van der Waals surface area contributed by atoms with Crippen molar-refractivity contribution >= 4 is 17.0 Å². The molecule has 1 saturated carbocycles. The Hall–Kier alpha value is -1.88. The van der Waals surface area contributed by atoms with Gasteiger partial charge in [0.05, 0.1) is 16.6 Å². The fraction of sp³-hybridized carbons (Fsp3) is 0.500. The third-order valence-electron chi connectivity index (χ3n) is 3.95. The zero-order chi connectivity index (χ0) is 14.8. The first kappa shape index (κ1) is 14.1. The molecular weight excluding hydrogens is 268 g/mol. The SMILES string of the molecule is COCCCCn1c(C2CC2)nc2cccc(C(=O)O)c21. The van der Waals surface area contributed by atoms with Crippen LogP contribution in [0.15, 0.2) is 18.2 Å². The van der Waals surface area contributed by atoms with Crippen LogP contribution in [0.2, 0.25) is 0 Å². The van der Waals surface area contributed by atoms with Gasteiger partial charge in [0, 0.05) is 26.2 Å². The molecule has 1 aliphatic rings. The summed E-state index contributed by atoms with van der Waals surface area (Å²) in [6.45, 7) is 1.53. The molecule has 5 heteroatoms. The largest absolute Gasteiger partial charge is 0.478 e. The number of benzene rings is 1. The van der Waals surface area contributed by atoms with Crippen LogP contribution in [-0.4, -0.2) is 34.3 Å². The second-order valence-corrected chi connectivity index (χ2v) is 5.57. The predicted octanol–water partition coefficient (Wildman–Crippen LogP) is 3.04. The number of carbonyl (C=O) groups is 1. The van der Waals surface area contributed by atoms with E-state index in [1.165, 1.54) is 0 Å². The lowest BCUT2D eigenvalue weighted by Gasteiger charge is -2.10. The molecule has 2 aromatic rings. The number of unbranched alkanes of at least 4 members (excludes halogenated alkanes) is 1. The van der Waals surface area contributed by atoms with Crippen molar-refractivity contribution in [1.82, 2.24) is 9.55 Å². The highest BCUT2D eigenvalue weighted by Crippen LogP contribution is 2.41. The maximum atomic E-state index is 11.5. The van der Waals surface area contributed by atoms with E-state index in [-0.39, 0.29) is 0 Å². The number of aromatic nitrogens is 2. The van der Waals surface area contributed by atoms with Gasteiger partial charge in [0.15, 0.2) is 0 Å². The van der Waals surface area contributed by atoms with Crippen molar-refractivity contribution in [3.05, 3.63) is 29.6 Å². The van der Waals surface area contributed by atoms with Gasteiger partial charge in [-0.25, -0.2) is 9.78 Å². The van der Waals surface area contributed by atoms with Crippen molar-refractivity contribution in [1.29, 1.82) is 0 Å². The first-order valence-electron chi connectivity index (χ1n) is 7.43. The number of carboxylic acids is 1. The number of nitrogens with zero attached hydrogens (tertiary/aromatic N) is 2. The van der Waals surface area contributed by atoms with Crippen molar-refractivity contribution in [2.75, 3.05) is 13.7 Å². The average Bonchev–Trinajstić information content (AvgIpc) is 3.25. The van der Waals surface area contributed by atoms with Crippen LogP contribution >= 0.6 is 0 Å². The van der Waals surface area contributed by atoms with E-state index >= 15 is 0 Å². The second-order valence-electron chi connectivity index (χ2n) is 5.57. The molecule has 1 aromatic carbocycles. The first-order valence-corrected chi connectivity index (χ1v) is 7.43. The molecule has 3 rings (SSSR count). The normalized spacial score (nSPS) is 14.7. The number of rotatable bonds is 7. The molecule has 1 aromatic heterocycles. The van der Waals surface area contributed by atoms with Crippen LogP contribution in [0.3, 0.4) is 0 Å². The van der Waals surface area contributed by atoms with Gasteiger partial charge in [-0.3, -0.25) is 0 Å². The van der Waals surface area contributed by atoms with Crippen LogP contribution in [0.25, 0.3) is 11.0 Å². The fourth-order valence-electron chi connectivity index (χ4n) is 2.77. The average molecular weight is 288 g/mol. The van der Waals surface area contributed by atoms with Gasteiger partial charge in [-0.1, -0.05) is 6.07 Å². The van der Waals surface area contributed by atoms with Crippen LogP contribution in [0.4, 0.5) is 0 Å². The standard InChI is InChI=1S/C16H20N2O3/c1-21-10-3-2-9-18-14-12(16(19)20)5-4-6-13(14)17-15(18)11-7-8-11/h4-6,11H,2-3,7-10H2,1H3,(H,19,20). The van der Waals surface area contributed by atoms with Gasteiger partial charge in [-0.05, 0) is 37.8 Å². The minimum absolute atomic E-state index is 0.346. The smallest absolute Gasteiger partial charge is 0.337 e. The van der Waals surface area contributed by atoms with Crippen molar-refractivity contribution < 1.29 is 14.6 Å². The number of aryl methyl sites for hydroxylation is 1. The lowest BCUT2D eigenvalue weighted by atomic mass is 10.2. The predicted molar refractivity (Wildman–Crippen MR) is 79.8 cm³/mol. The zero-order valence-corrected chi connectivity index (χ0v) is 12.2. The molecule has 21 heavy (non-hydrogen) atoms. The van der Waals surface area contributed by atoms with E-state index < -0.39 is 5.97 Å². The van der Waals surface area contributed by atoms with Crippen molar-refractivity contribution in [3.63, 3.8) is 0 Å². The zero-order valence-electron chi connectivity index (χ0n) is 12.2. The molecule has 0 atom stereocenters. The van der Waals surface area contributed by atoms with E-state index in [2.05, 4.69) is 9.55 Å². The van der Waals surface area contributed by atoms with E-state index in [9.17, 15) is 9.90 Å². The fourth-order valence-corrected chi connectivity index (χ4v) is 2.77. The molecule has 0 spiro atoms. The molecule has 1 heterocycles. The molecule has 0 unspecified atom stereocenters. The topological polar surface area (TPSA) is 64.4 Å². The lowest BCUT2D eigenvalue weighted by molar-refractivity contribution is 0.0698. The Labute approximate surface area is 123 Å². The summed E-state index contributed by atoms with van der Waals surface area (Å²) in [6, 6.07) is 5.33. The number of methoxy groups -OCH3 is 1. The van der Waals surface area contributed by atoms with Crippen LogP contribution < -0.4 is 0 Å². The number of para-hydroxylation sites is 1. The Kier molecular flexibility index (Phi) is 3.92. The Morgan fingerprint density at radius 2 is 2.24 bits per heavy atom. The molecule has 1 N–H and O–H groups in total. The minimum atomic E-state index is -0.888. The van der Waals surface area contributed by atoms with Crippen LogP contribution in [0.5, 0.6) is 0 Å². The highest BCUT2D eigenvalue weighted by Gasteiger charge is 2.30. The van der Waals surface area contributed by atoms with Crippen molar-refractivity contribution in [3.8, 4) is 0 Å². The lowest BCUT2D eigenvalue weighted by Crippen LogP contribution is -2.07. The number of fused-ring (bicyclic) bond motifs is 1. The summed E-state index contributed by atoms with van der Waals surface area (Å²) < 4.78 is 7.20. The highest BCUT2D eigenvalue weighted by molar-refractivity contribution is 6.01. The van der Waals surface area contributed by atoms with E-state index in [0.29, 0.717) is 11.5 Å². The third-order valence-corrected chi connectivity index (χ3v) is 3.95. The summed E-state index contributed by atoms with van der Waals surface area (Å²) in [4.78, 5) is 16.2. The molecule has 0 aliphatic heterocycles. The molecule has 1 aliphatic carbocycles. The molecule has 112 valence electrons. The van der Waals surface area contributed by atoms with Gasteiger partial charge in [-0.2, -0.15) is 0 Å². The van der Waals surface area contributed by atoms with E-state index in [0.717, 1.165) is 55.7 Å². The third kappa shape index (κ3) is 2.78. The second kappa shape index (κ2) is 5.85. The summed E-state index contributed by atoms with van der Waals surface area (Å²) in [6.07, 6.45) is 4.25. The highest BCUT2D eigenvalue weighted by atomic mass is 16.5. The summed E-state index contributed by atoms with van der Waals surface area (Å²) >= 11 is 0. The van der Waals surface area contributed by atoms with Gasteiger partial charge in [-0.15, -0.1) is 0 Å². The minimum Gasteiger partial charge on any atom is -0.478 e. The van der Waals surface area contributed by atoms with E-state index in [1.807, 2.05) is 6.07 Å². The molecule has 0 amide bonds. The summed E-state index contributed by atoms with van der Waals surface area (Å²) in [5, 5.41) is 9.42. The van der Waals surface area contributed by atoms with Crippen molar-refractivity contribution in [2.45, 2.75) is 38.1 Å². The summed E-state index contributed by atoms with van der Waals surface area (Å²) in [5.41, 5.74) is 1.91. The van der Waals surface area contributed by atoms with E-state index in [1.54, 1.807) is 19.2 Å². The maximum Gasteiger partial charge on any atom is 0.337 e. The molecular formula is C16H20N2O3. The number of imidazole rings is 1. The maximum absolute atomic E-state index is 11.5. The van der Waals surface area contributed by atoms with Gasteiger partial charge in [0.25, 0.3) is 0 Å². The number of ether oxygens (including phenoxy) is 1. The van der Waals surface area contributed by atoms with Gasteiger partial charge < -0.3 is 14.4 Å². The van der Waals surface area contributed by atoms with Crippen LogP contribution in [0.1, 0.15) is 47.8 Å². The number of hydrogen-bond acceptors (Lipinski definition) is 3. The van der Waals surface area contributed by atoms with Crippen molar-refractivity contribution in [2.24, 2.45) is 0 Å². The van der Waals surface area contributed by atoms with Crippen LogP contribution in [0, 0.1) is 0 Å². The molecule has 0 radical (unpaired) electrons. The quantitative estimate of drug-likeness (QED) is 0.795. The van der Waals surface area contributed by atoms with Gasteiger partial charge in [0.2, 0.25) is 0 Å². The number of aromatic carboxylic acids is 1. The first-order chi connectivity index (χ1) is 10.2. The molecule has 1 fully saturated rings.